The maximum atomic E-state index is 13.1. The first-order valence-electron chi connectivity index (χ1n) is 9.63. The van der Waals surface area contributed by atoms with Crippen LogP contribution in [0.15, 0.2) is 59.8 Å². The number of hydrogen-bond donors (Lipinski definition) is 2. The third-order valence-electron chi connectivity index (χ3n) is 5.49. The fraction of sp³-hybridized carbons (Fsp3) is 0.304. The van der Waals surface area contributed by atoms with Crippen LogP contribution in [0.25, 0.3) is 0 Å². The minimum atomic E-state index is -0.252. The maximum absolute atomic E-state index is 13.1. The Morgan fingerprint density at radius 3 is 2.32 bits per heavy atom. The molecule has 5 nitrogen and oxygen atoms in total. The molecule has 2 N–H and O–H groups in total. The van der Waals surface area contributed by atoms with E-state index in [1.54, 1.807) is 24.3 Å². The summed E-state index contributed by atoms with van der Waals surface area (Å²) in [6.07, 6.45) is 1.32. The Hall–Kier alpha value is -3.08. The Balaban J connectivity index is 1.63. The zero-order chi connectivity index (χ0) is 19.7. The lowest BCUT2D eigenvalue weighted by atomic mass is 9.73. The monoisotopic (exact) mass is 377 g/mol. The van der Waals surface area contributed by atoms with Gasteiger partial charge in [-0.15, -0.1) is 0 Å². The molecule has 28 heavy (non-hydrogen) atoms. The van der Waals surface area contributed by atoms with Gasteiger partial charge in [0.15, 0.2) is 5.78 Å². The molecule has 0 saturated carbocycles. The van der Waals surface area contributed by atoms with Crippen molar-refractivity contribution in [2.45, 2.75) is 38.0 Å². The lowest BCUT2D eigenvalue weighted by molar-refractivity contribution is -0.122. The van der Waals surface area contributed by atoms with Gasteiger partial charge in [-0.3, -0.25) is 9.59 Å². The number of carbonyl (C=O) groups excluding carboxylic acids is 2. The van der Waals surface area contributed by atoms with Crippen molar-refractivity contribution in [3.05, 3.63) is 70.9 Å². The Labute approximate surface area is 164 Å². The molecule has 0 bridgehead atoms. The summed E-state index contributed by atoms with van der Waals surface area (Å²) >= 11 is 0. The molecule has 2 aromatic rings. The van der Waals surface area contributed by atoms with Gasteiger partial charge in [-0.05, 0) is 54.7 Å². The van der Waals surface area contributed by atoms with Crippen molar-refractivity contribution in [1.29, 1.82) is 0 Å². The van der Waals surface area contributed by atoms with Crippen LogP contribution in [-0.2, 0) is 9.59 Å². The van der Waals surface area contributed by atoms with Gasteiger partial charge in [0.2, 0.25) is 5.91 Å². The number of carbonyl (C=O) groups is 2. The van der Waals surface area contributed by atoms with E-state index in [-0.39, 0.29) is 35.7 Å². The van der Waals surface area contributed by atoms with E-state index < -0.39 is 0 Å². The van der Waals surface area contributed by atoms with Gasteiger partial charge in [0.05, 0.1) is 6.61 Å². The summed E-state index contributed by atoms with van der Waals surface area (Å²) in [5, 5.41) is 12.5. The maximum Gasteiger partial charge on any atom is 0.225 e. The summed E-state index contributed by atoms with van der Waals surface area (Å²) in [7, 11) is 0. The number of ether oxygens (including phenoxy) is 1. The number of rotatable bonds is 4. The number of phenols is 1. The van der Waals surface area contributed by atoms with Crippen molar-refractivity contribution in [1.82, 2.24) is 5.32 Å². The summed E-state index contributed by atoms with van der Waals surface area (Å²) in [5.41, 5.74) is 3.41. The molecule has 1 heterocycles. The number of aromatic hydroxyl groups is 1. The zero-order valence-corrected chi connectivity index (χ0v) is 15.8. The summed E-state index contributed by atoms with van der Waals surface area (Å²) in [6, 6.07) is 14.6. The molecule has 0 aromatic heterocycles. The smallest absolute Gasteiger partial charge is 0.225 e. The fourth-order valence-electron chi connectivity index (χ4n) is 4.19. The third-order valence-corrected chi connectivity index (χ3v) is 5.49. The van der Waals surface area contributed by atoms with E-state index in [4.69, 9.17) is 4.74 Å². The van der Waals surface area contributed by atoms with Crippen molar-refractivity contribution in [2.24, 2.45) is 0 Å². The van der Waals surface area contributed by atoms with E-state index in [0.717, 1.165) is 22.6 Å². The van der Waals surface area contributed by atoms with E-state index in [1.165, 1.54) is 0 Å². The molecule has 2 aliphatic rings. The fourth-order valence-corrected chi connectivity index (χ4v) is 4.19. The minimum absolute atomic E-state index is 0.0424. The predicted molar refractivity (Wildman–Crippen MR) is 105 cm³/mol. The van der Waals surface area contributed by atoms with Crippen LogP contribution in [0.5, 0.6) is 11.5 Å². The summed E-state index contributed by atoms with van der Waals surface area (Å²) in [4.78, 5) is 25.4. The average molecular weight is 377 g/mol. The molecule has 1 aliphatic carbocycles. The van der Waals surface area contributed by atoms with Gasteiger partial charge in [0.1, 0.15) is 11.5 Å². The van der Waals surface area contributed by atoms with Crippen molar-refractivity contribution in [3.8, 4) is 11.5 Å². The molecular formula is C23H23NO4. The Kier molecular flexibility index (Phi) is 4.90. The highest BCUT2D eigenvalue weighted by molar-refractivity contribution is 6.02. The van der Waals surface area contributed by atoms with Gasteiger partial charge in [-0.2, -0.15) is 0 Å². The number of hydrogen-bond acceptors (Lipinski definition) is 4. The van der Waals surface area contributed by atoms with E-state index in [2.05, 4.69) is 5.32 Å². The van der Waals surface area contributed by atoms with Crippen molar-refractivity contribution in [2.75, 3.05) is 6.61 Å². The van der Waals surface area contributed by atoms with Crippen LogP contribution in [0, 0.1) is 0 Å². The number of Topliss-reactive ketones (excluding diaryl/α,β-unsaturated/α-hetero) is 1. The second kappa shape index (κ2) is 7.50. The van der Waals surface area contributed by atoms with Gasteiger partial charge >= 0.3 is 0 Å². The largest absolute Gasteiger partial charge is 0.508 e. The van der Waals surface area contributed by atoms with Crippen LogP contribution in [0.2, 0.25) is 0 Å². The topological polar surface area (TPSA) is 75.6 Å². The van der Waals surface area contributed by atoms with Crippen LogP contribution >= 0.6 is 0 Å². The standard InChI is InChI=1S/C23H23NO4/c1-2-28-18-9-5-14(6-10-18)16-11-20-23(21(26)12-16)19(13-22(27)24-20)15-3-7-17(25)8-4-15/h3-10,16,19,25H,2,11-13H2,1H3,(H,24,27). The molecule has 2 atom stereocenters. The van der Waals surface area contributed by atoms with Crippen molar-refractivity contribution >= 4 is 11.7 Å². The highest BCUT2D eigenvalue weighted by Crippen LogP contribution is 2.42. The van der Waals surface area contributed by atoms with Crippen LogP contribution < -0.4 is 10.1 Å². The second-order valence-corrected chi connectivity index (χ2v) is 7.32. The van der Waals surface area contributed by atoms with E-state index >= 15 is 0 Å². The first kappa shape index (κ1) is 18.3. The number of amides is 1. The normalized spacial score (nSPS) is 21.9. The lowest BCUT2D eigenvalue weighted by Crippen LogP contribution is -2.38. The summed E-state index contributed by atoms with van der Waals surface area (Å²) in [5.74, 6) is 0.782. The number of phenolic OH excluding ortho intramolecular Hbond substituents is 1. The van der Waals surface area contributed by atoms with Crippen LogP contribution in [0.4, 0.5) is 0 Å². The summed E-state index contributed by atoms with van der Waals surface area (Å²) < 4.78 is 5.49. The summed E-state index contributed by atoms with van der Waals surface area (Å²) in [6.45, 7) is 2.56. The first-order chi connectivity index (χ1) is 13.5. The second-order valence-electron chi connectivity index (χ2n) is 7.32. The van der Waals surface area contributed by atoms with Crippen LogP contribution in [0.1, 0.15) is 49.1 Å². The van der Waals surface area contributed by atoms with Crippen molar-refractivity contribution < 1.29 is 19.4 Å². The van der Waals surface area contributed by atoms with Gasteiger partial charge in [0, 0.05) is 30.0 Å². The first-order valence-corrected chi connectivity index (χ1v) is 9.63. The molecule has 2 unspecified atom stereocenters. The Morgan fingerprint density at radius 2 is 1.64 bits per heavy atom. The van der Waals surface area contributed by atoms with E-state index in [0.29, 0.717) is 25.0 Å². The molecule has 2 aromatic carbocycles. The van der Waals surface area contributed by atoms with E-state index in [1.807, 2.05) is 31.2 Å². The SMILES string of the molecule is CCOc1ccc(C2CC(=O)C3=C(C2)NC(=O)CC3c2ccc(O)cc2)cc1. The quantitative estimate of drug-likeness (QED) is 0.850. The number of benzene rings is 2. The number of allylic oxidation sites excluding steroid dienone is 2. The van der Waals surface area contributed by atoms with Crippen LogP contribution in [-0.4, -0.2) is 23.4 Å². The third kappa shape index (κ3) is 3.52. The molecular weight excluding hydrogens is 354 g/mol. The molecule has 1 amide bonds. The van der Waals surface area contributed by atoms with E-state index in [9.17, 15) is 14.7 Å². The molecule has 0 radical (unpaired) electrons. The number of ketones is 1. The predicted octanol–water partition coefficient (Wildman–Crippen LogP) is 3.80. The average Bonchev–Trinajstić information content (AvgIpc) is 2.68. The zero-order valence-electron chi connectivity index (χ0n) is 15.8. The van der Waals surface area contributed by atoms with Gasteiger partial charge < -0.3 is 15.2 Å². The van der Waals surface area contributed by atoms with Crippen LogP contribution in [0.3, 0.4) is 0 Å². The Bertz CT molecular complexity index is 928. The highest BCUT2D eigenvalue weighted by atomic mass is 16.5. The molecule has 1 aliphatic heterocycles. The highest BCUT2D eigenvalue weighted by Gasteiger charge is 2.38. The van der Waals surface area contributed by atoms with Gasteiger partial charge in [-0.25, -0.2) is 0 Å². The van der Waals surface area contributed by atoms with Gasteiger partial charge in [-0.1, -0.05) is 24.3 Å². The molecule has 5 heteroatoms. The molecule has 0 fully saturated rings. The lowest BCUT2D eigenvalue weighted by Gasteiger charge is -2.34. The molecule has 0 saturated heterocycles. The minimum Gasteiger partial charge on any atom is -0.508 e. The number of nitrogens with one attached hydrogen (secondary N) is 1. The molecule has 144 valence electrons. The van der Waals surface area contributed by atoms with Crippen molar-refractivity contribution in [3.63, 3.8) is 0 Å². The van der Waals surface area contributed by atoms with Gasteiger partial charge in [0.25, 0.3) is 0 Å². The molecule has 4 rings (SSSR count). The molecule has 0 spiro atoms. The Morgan fingerprint density at radius 1 is 0.964 bits per heavy atom.